The van der Waals surface area contributed by atoms with Crippen molar-refractivity contribution in [1.82, 2.24) is 5.32 Å². The van der Waals surface area contributed by atoms with Gasteiger partial charge in [0.1, 0.15) is 6.10 Å². The molecule has 8 heteroatoms. The summed E-state index contributed by atoms with van der Waals surface area (Å²) >= 11 is 0. The fourth-order valence-electron chi connectivity index (χ4n) is 2.99. The van der Waals surface area contributed by atoms with Gasteiger partial charge in [0.05, 0.1) is 25.2 Å². The third kappa shape index (κ3) is 2.56. The normalized spacial score (nSPS) is 19.8. The van der Waals surface area contributed by atoms with Crippen molar-refractivity contribution in [1.29, 1.82) is 0 Å². The fraction of sp³-hybridized carbons (Fsp3) is 0.400. The minimum atomic E-state index is -1.16. The summed E-state index contributed by atoms with van der Waals surface area (Å²) in [6, 6.07) is 3.61. The van der Waals surface area contributed by atoms with Crippen molar-refractivity contribution in [3.8, 4) is 0 Å². The van der Waals surface area contributed by atoms with Gasteiger partial charge in [-0.1, -0.05) is 0 Å². The van der Waals surface area contributed by atoms with E-state index in [0.29, 0.717) is 12.1 Å². The number of ether oxygens (including phenoxy) is 1. The Labute approximate surface area is 132 Å². The number of benzene rings is 1. The number of fused-ring (bicyclic) bond motifs is 1. The Morgan fingerprint density at radius 3 is 2.78 bits per heavy atom. The summed E-state index contributed by atoms with van der Waals surface area (Å²) in [6.45, 7) is 2.18. The Hall–Kier alpha value is -2.77. The molecule has 0 aliphatic carbocycles. The molecule has 0 unspecified atom stereocenters. The van der Waals surface area contributed by atoms with E-state index in [1.165, 1.54) is 4.90 Å². The van der Waals surface area contributed by atoms with Crippen LogP contribution in [0.5, 0.6) is 0 Å². The number of nitrogens with one attached hydrogen (secondary N) is 1. The highest BCUT2D eigenvalue weighted by molar-refractivity contribution is 6.03. The molecule has 8 nitrogen and oxygen atoms in total. The van der Waals surface area contributed by atoms with Crippen LogP contribution in [-0.2, 0) is 16.0 Å². The number of hydrogen-bond donors (Lipinski definition) is 2. The zero-order valence-corrected chi connectivity index (χ0v) is 12.8. The van der Waals surface area contributed by atoms with Crippen molar-refractivity contribution >= 4 is 29.5 Å². The van der Waals surface area contributed by atoms with Gasteiger partial charge in [-0.25, -0.2) is 9.59 Å². The summed E-state index contributed by atoms with van der Waals surface area (Å²) in [5.74, 6) is 0.0211. The predicted molar refractivity (Wildman–Crippen MR) is 81.9 cm³/mol. The second-order valence-electron chi connectivity index (χ2n) is 5.64. The molecule has 1 atom stereocenters. The van der Waals surface area contributed by atoms with Gasteiger partial charge in [-0.05, 0) is 30.2 Å². The molecule has 1 fully saturated rings. The maximum atomic E-state index is 12.1. The average Bonchev–Trinajstić information content (AvgIpc) is 3.00. The first-order valence-corrected chi connectivity index (χ1v) is 7.22. The monoisotopic (exact) mass is 319 g/mol. The van der Waals surface area contributed by atoms with E-state index in [9.17, 15) is 14.4 Å². The Kier molecular flexibility index (Phi) is 3.59. The van der Waals surface area contributed by atoms with E-state index >= 15 is 0 Å². The van der Waals surface area contributed by atoms with Crippen LogP contribution in [0.4, 0.5) is 21.0 Å². The number of rotatable bonds is 3. The summed E-state index contributed by atoms with van der Waals surface area (Å²) in [5, 5.41) is 10.8. The maximum absolute atomic E-state index is 12.1. The highest BCUT2D eigenvalue weighted by Gasteiger charge is 2.35. The third-order valence-corrected chi connectivity index (χ3v) is 4.25. The van der Waals surface area contributed by atoms with Crippen LogP contribution in [0.3, 0.4) is 0 Å². The Morgan fingerprint density at radius 1 is 1.39 bits per heavy atom. The average molecular weight is 319 g/mol. The topological polar surface area (TPSA) is 99.2 Å². The van der Waals surface area contributed by atoms with Crippen molar-refractivity contribution in [2.75, 3.05) is 29.9 Å². The number of likely N-dealkylation sites (N-methyl/N-ethyl adjacent to an activating group) is 1. The molecule has 0 bridgehead atoms. The second kappa shape index (κ2) is 5.45. The molecular formula is C15H17N3O5. The molecule has 3 amide bonds. The summed E-state index contributed by atoms with van der Waals surface area (Å²) in [4.78, 5) is 37.5. The molecule has 1 aromatic carbocycles. The van der Waals surface area contributed by atoms with Crippen LogP contribution in [-0.4, -0.2) is 49.4 Å². The van der Waals surface area contributed by atoms with Gasteiger partial charge in [-0.2, -0.15) is 0 Å². The van der Waals surface area contributed by atoms with Gasteiger partial charge in [-0.15, -0.1) is 0 Å². The van der Waals surface area contributed by atoms with Crippen LogP contribution in [0.15, 0.2) is 12.1 Å². The Bertz CT molecular complexity index is 703. The van der Waals surface area contributed by atoms with E-state index < -0.39 is 18.3 Å². The van der Waals surface area contributed by atoms with Gasteiger partial charge in [0, 0.05) is 12.7 Å². The Morgan fingerprint density at radius 2 is 2.09 bits per heavy atom. The van der Waals surface area contributed by atoms with Crippen molar-refractivity contribution in [3.05, 3.63) is 23.3 Å². The van der Waals surface area contributed by atoms with Gasteiger partial charge in [-0.3, -0.25) is 9.69 Å². The number of carboxylic acid groups (broad SMARTS) is 1. The van der Waals surface area contributed by atoms with Crippen LogP contribution in [0.25, 0.3) is 0 Å². The molecule has 2 heterocycles. The van der Waals surface area contributed by atoms with Crippen LogP contribution < -0.4 is 15.1 Å². The summed E-state index contributed by atoms with van der Waals surface area (Å²) in [5.41, 5.74) is 3.32. The van der Waals surface area contributed by atoms with Gasteiger partial charge < -0.3 is 20.1 Å². The highest BCUT2D eigenvalue weighted by Crippen LogP contribution is 2.36. The number of carbonyl (C=O) groups is 3. The lowest BCUT2D eigenvalue weighted by Crippen LogP contribution is -2.33. The van der Waals surface area contributed by atoms with E-state index in [1.54, 1.807) is 18.0 Å². The first kappa shape index (κ1) is 15.1. The maximum Gasteiger partial charge on any atom is 0.414 e. The number of nitrogens with zero attached hydrogens (tertiary/aromatic N) is 2. The van der Waals surface area contributed by atoms with Crippen molar-refractivity contribution < 1.29 is 24.2 Å². The van der Waals surface area contributed by atoms with Crippen LogP contribution in [0, 0.1) is 6.92 Å². The standard InChI is InChI=1S/C15H17N3O5/c1-8-10-5-13(19)17(2)12(10)4-3-11(8)18-7-9(23-15(18)22)6-16-14(20)21/h3-4,9,16H,5-7H2,1-2H3,(H,20,21)/t9-/m0/s1. The number of carbonyl (C=O) groups excluding carboxylic acids is 2. The number of amides is 3. The van der Waals surface area contributed by atoms with E-state index in [4.69, 9.17) is 9.84 Å². The molecule has 2 N–H and O–H groups in total. The highest BCUT2D eigenvalue weighted by atomic mass is 16.6. The number of hydrogen-bond acceptors (Lipinski definition) is 4. The molecule has 122 valence electrons. The van der Waals surface area contributed by atoms with Crippen LogP contribution in [0.2, 0.25) is 0 Å². The lowest BCUT2D eigenvalue weighted by Gasteiger charge is -2.19. The molecule has 0 aromatic heterocycles. The molecule has 3 rings (SSSR count). The Balaban J connectivity index is 1.83. The quantitative estimate of drug-likeness (QED) is 0.869. The second-order valence-corrected chi connectivity index (χ2v) is 5.64. The molecule has 0 spiro atoms. The predicted octanol–water partition coefficient (Wildman–Crippen LogP) is 1.11. The molecule has 2 aliphatic rings. The molecule has 1 saturated heterocycles. The van der Waals surface area contributed by atoms with E-state index in [2.05, 4.69) is 5.32 Å². The number of anilines is 2. The zero-order chi connectivity index (χ0) is 16.7. The lowest BCUT2D eigenvalue weighted by molar-refractivity contribution is -0.117. The largest absolute Gasteiger partial charge is 0.465 e. The molecule has 2 aliphatic heterocycles. The van der Waals surface area contributed by atoms with Gasteiger partial charge in [0.25, 0.3) is 0 Å². The van der Waals surface area contributed by atoms with E-state index in [1.807, 2.05) is 13.0 Å². The van der Waals surface area contributed by atoms with Crippen LogP contribution in [0.1, 0.15) is 11.1 Å². The number of cyclic esters (lactones) is 1. The third-order valence-electron chi connectivity index (χ3n) is 4.25. The van der Waals surface area contributed by atoms with Crippen LogP contribution >= 0.6 is 0 Å². The SMILES string of the molecule is Cc1c(N2C[C@H](CNC(=O)O)OC2=O)ccc2c1CC(=O)N2C. The summed E-state index contributed by atoms with van der Waals surface area (Å²) < 4.78 is 5.18. The van der Waals surface area contributed by atoms with Gasteiger partial charge in [0.2, 0.25) is 5.91 Å². The molecule has 23 heavy (non-hydrogen) atoms. The summed E-state index contributed by atoms with van der Waals surface area (Å²) in [6.07, 6.45) is -1.88. The van der Waals surface area contributed by atoms with Crippen molar-refractivity contribution in [2.24, 2.45) is 0 Å². The van der Waals surface area contributed by atoms with E-state index in [-0.39, 0.29) is 19.0 Å². The summed E-state index contributed by atoms with van der Waals surface area (Å²) in [7, 11) is 1.73. The minimum Gasteiger partial charge on any atom is -0.465 e. The first-order chi connectivity index (χ1) is 10.9. The smallest absolute Gasteiger partial charge is 0.414 e. The van der Waals surface area contributed by atoms with Crippen molar-refractivity contribution in [2.45, 2.75) is 19.4 Å². The van der Waals surface area contributed by atoms with Gasteiger partial charge >= 0.3 is 12.2 Å². The van der Waals surface area contributed by atoms with Gasteiger partial charge in [0.15, 0.2) is 0 Å². The molecule has 1 aromatic rings. The lowest BCUT2D eigenvalue weighted by atomic mass is 10.0. The minimum absolute atomic E-state index is 0.0211. The molecule has 0 saturated carbocycles. The van der Waals surface area contributed by atoms with Crippen molar-refractivity contribution in [3.63, 3.8) is 0 Å². The fourth-order valence-corrected chi connectivity index (χ4v) is 2.99. The van der Waals surface area contributed by atoms with E-state index in [0.717, 1.165) is 16.8 Å². The first-order valence-electron chi connectivity index (χ1n) is 7.22. The zero-order valence-electron chi connectivity index (χ0n) is 12.8. The molecule has 0 radical (unpaired) electrons. The molecular weight excluding hydrogens is 302 g/mol.